The molecule has 0 radical (unpaired) electrons. The second kappa shape index (κ2) is 14.8. The summed E-state index contributed by atoms with van der Waals surface area (Å²) in [6.07, 6.45) is 5.22. The van der Waals surface area contributed by atoms with Crippen molar-refractivity contribution >= 4 is 55.8 Å². The minimum absolute atomic E-state index is 0.00567. The number of sulfonamides is 1. The van der Waals surface area contributed by atoms with E-state index in [-0.39, 0.29) is 29.8 Å². The van der Waals surface area contributed by atoms with Gasteiger partial charge >= 0.3 is 0 Å². The van der Waals surface area contributed by atoms with Gasteiger partial charge in [0.05, 0.1) is 11.4 Å². The van der Waals surface area contributed by atoms with Crippen LogP contribution in [0.15, 0.2) is 95.9 Å². The zero-order valence-electron chi connectivity index (χ0n) is 25.2. The lowest BCUT2D eigenvalue weighted by atomic mass is 9.94. The first-order valence-corrected chi connectivity index (χ1v) is 17.3. The molecule has 0 aliphatic heterocycles. The molecule has 4 aromatic carbocycles. The van der Waals surface area contributed by atoms with Crippen LogP contribution in [0.3, 0.4) is 0 Å². The number of nitrogens with zero attached hydrogens (tertiary/aromatic N) is 2. The Morgan fingerprint density at radius 1 is 0.867 bits per heavy atom. The Kier molecular flexibility index (Phi) is 10.8. The number of halogens is 2. The monoisotopic (exact) mass is 665 g/mol. The van der Waals surface area contributed by atoms with Crippen LogP contribution in [0.2, 0.25) is 10.0 Å². The number of hydrogen-bond donors (Lipinski definition) is 1. The van der Waals surface area contributed by atoms with E-state index < -0.39 is 28.5 Å². The van der Waals surface area contributed by atoms with Gasteiger partial charge in [0, 0.05) is 36.1 Å². The van der Waals surface area contributed by atoms with E-state index in [4.69, 9.17) is 23.2 Å². The van der Waals surface area contributed by atoms with E-state index in [2.05, 4.69) is 5.32 Å². The van der Waals surface area contributed by atoms with Crippen molar-refractivity contribution < 1.29 is 18.0 Å². The molecule has 1 aliphatic carbocycles. The molecule has 1 fully saturated rings. The van der Waals surface area contributed by atoms with Crippen LogP contribution in [-0.2, 0) is 32.6 Å². The van der Waals surface area contributed by atoms with Gasteiger partial charge in [-0.2, -0.15) is 4.31 Å². The summed E-state index contributed by atoms with van der Waals surface area (Å²) in [7, 11) is -2.65. The molecule has 1 saturated carbocycles. The highest BCUT2D eigenvalue weighted by Crippen LogP contribution is 2.26. The van der Waals surface area contributed by atoms with Crippen molar-refractivity contribution in [2.75, 3.05) is 13.6 Å². The lowest BCUT2D eigenvalue weighted by Crippen LogP contribution is -2.54. The fraction of sp³-hybridized carbons (Fsp3) is 0.314. The molecule has 5 rings (SSSR count). The van der Waals surface area contributed by atoms with Gasteiger partial charge in [0.1, 0.15) is 6.04 Å². The van der Waals surface area contributed by atoms with E-state index in [0.717, 1.165) is 52.7 Å². The van der Waals surface area contributed by atoms with Gasteiger partial charge in [0.2, 0.25) is 21.8 Å². The van der Waals surface area contributed by atoms with Crippen LogP contribution < -0.4 is 5.32 Å². The summed E-state index contributed by atoms with van der Waals surface area (Å²) in [5, 5.41) is 5.67. The molecule has 0 saturated heterocycles. The number of amides is 2. The van der Waals surface area contributed by atoms with Crippen molar-refractivity contribution in [1.82, 2.24) is 14.5 Å². The maximum absolute atomic E-state index is 14.2. The van der Waals surface area contributed by atoms with E-state index in [9.17, 15) is 18.0 Å². The molecule has 1 N–H and O–H groups in total. The van der Waals surface area contributed by atoms with Crippen LogP contribution in [0.5, 0.6) is 0 Å². The summed E-state index contributed by atoms with van der Waals surface area (Å²) in [6.45, 7) is -0.476. The quantitative estimate of drug-likeness (QED) is 0.190. The maximum Gasteiger partial charge on any atom is 0.243 e. The zero-order chi connectivity index (χ0) is 32.0. The van der Waals surface area contributed by atoms with Gasteiger partial charge in [-0.3, -0.25) is 9.59 Å². The van der Waals surface area contributed by atoms with Gasteiger partial charge in [0.15, 0.2) is 0 Å². The summed E-state index contributed by atoms with van der Waals surface area (Å²) < 4.78 is 28.4. The fourth-order valence-corrected chi connectivity index (χ4v) is 7.43. The molecule has 4 aromatic rings. The van der Waals surface area contributed by atoms with E-state index in [1.54, 1.807) is 36.4 Å². The smallest absolute Gasteiger partial charge is 0.243 e. The fourth-order valence-electron chi connectivity index (χ4n) is 5.81. The van der Waals surface area contributed by atoms with E-state index in [1.165, 1.54) is 11.9 Å². The van der Waals surface area contributed by atoms with Crippen LogP contribution in [0.25, 0.3) is 10.8 Å². The summed E-state index contributed by atoms with van der Waals surface area (Å²) in [5.41, 5.74) is 1.47. The van der Waals surface area contributed by atoms with Crippen LogP contribution >= 0.6 is 23.2 Å². The molecule has 236 valence electrons. The molecule has 0 heterocycles. The molecule has 1 atom stereocenters. The molecule has 10 heteroatoms. The van der Waals surface area contributed by atoms with Crippen molar-refractivity contribution in [3.05, 3.63) is 112 Å². The molecular formula is C35H37Cl2N3O4S. The van der Waals surface area contributed by atoms with Gasteiger partial charge < -0.3 is 10.2 Å². The highest BCUT2D eigenvalue weighted by Gasteiger charge is 2.34. The Balaban J connectivity index is 1.47. The summed E-state index contributed by atoms with van der Waals surface area (Å²) in [6, 6.07) is 26.0. The molecule has 0 unspecified atom stereocenters. The lowest BCUT2D eigenvalue weighted by Gasteiger charge is -2.34. The number of likely N-dealkylation sites (N-methyl/N-ethyl adjacent to an activating group) is 1. The van der Waals surface area contributed by atoms with Crippen LogP contribution in [0.4, 0.5) is 0 Å². The first kappa shape index (κ1) is 32.9. The number of carbonyl (C=O) groups excluding carboxylic acids is 2. The Morgan fingerprint density at radius 3 is 2.27 bits per heavy atom. The zero-order valence-corrected chi connectivity index (χ0v) is 27.5. The molecule has 45 heavy (non-hydrogen) atoms. The topological polar surface area (TPSA) is 86.8 Å². The van der Waals surface area contributed by atoms with Crippen molar-refractivity contribution in [2.24, 2.45) is 0 Å². The Labute approximate surface area is 275 Å². The highest BCUT2D eigenvalue weighted by molar-refractivity contribution is 7.89. The standard InChI is InChI=1S/C35H37Cl2N3O4S/c1-39(45(43,44)31-19-17-26-12-8-9-13-27(26)21-31)24-34(41)40(23-28-16-18-29(36)22-32(28)37)33(20-25-10-4-2-5-11-25)35(42)38-30-14-6-3-7-15-30/h2,4-5,8-13,16-19,21-22,30,33H,3,6-7,14-15,20,23-24H2,1H3,(H,38,42)/t33-/m1/s1. The lowest BCUT2D eigenvalue weighted by molar-refractivity contribution is -0.141. The van der Waals surface area contributed by atoms with Crippen molar-refractivity contribution in [2.45, 2.75) is 62.0 Å². The minimum atomic E-state index is -4.03. The molecule has 7 nitrogen and oxygen atoms in total. The normalized spacial score (nSPS) is 14.8. The van der Waals surface area contributed by atoms with Gasteiger partial charge in [-0.25, -0.2) is 8.42 Å². The minimum Gasteiger partial charge on any atom is -0.352 e. The third kappa shape index (κ3) is 8.24. The SMILES string of the molecule is CN(CC(=O)N(Cc1ccc(Cl)cc1Cl)[C@H](Cc1ccccc1)C(=O)NC1CCCCC1)S(=O)(=O)c1ccc2ccccc2c1. The Morgan fingerprint density at radius 2 is 1.56 bits per heavy atom. The Bertz CT molecular complexity index is 1760. The van der Waals surface area contributed by atoms with Crippen LogP contribution in [0, 0.1) is 0 Å². The first-order chi connectivity index (χ1) is 21.6. The van der Waals surface area contributed by atoms with E-state index in [1.807, 2.05) is 54.6 Å². The first-order valence-electron chi connectivity index (χ1n) is 15.1. The van der Waals surface area contributed by atoms with Gasteiger partial charge in [-0.1, -0.05) is 109 Å². The molecule has 1 aliphatic rings. The number of hydrogen-bond acceptors (Lipinski definition) is 4. The Hall–Kier alpha value is -3.43. The summed E-state index contributed by atoms with van der Waals surface area (Å²) in [4.78, 5) is 29.8. The third-order valence-electron chi connectivity index (χ3n) is 8.37. The van der Waals surface area contributed by atoms with E-state index in [0.29, 0.717) is 15.6 Å². The van der Waals surface area contributed by atoms with E-state index >= 15 is 0 Å². The second-order valence-electron chi connectivity index (χ2n) is 11.6. The van der Waals surface area contributed by atoms with Crippen molar-refractivity contribution in [1.29, 1.82) is 0 Å². The molecule has 0 bridgehead atoms. The molecule has 0 aromatic heterocycles. The van der Waals surface area contributed by atoms with Gasteiger partial charge in [-0.15, -0.1) is 0 Å². The molecule has 0 spiro atoms. The molecule has 2 amide bonds. The summed E-state index contributed by atoms with van der Waals surface area (Å²) in [5.74, 6) is -0.795. The predicted molar refractivity (Wildman–Crippen MR) is 180 cm³/mol. The van der Waals surface area contributed by atoms with Gasteiger partial charge in [0.25, 0.3) is 0 Å². The summed E-state index contributed by atoms with van der Waals surface area (Å²) >= 11 is 12.7. The second-order valence-corrected chi connectivity index (χ2v) is 14.5. The highest BCUT2D eigenvalue weighted by atomic mass is 35.5. The number of rotatable bonds is 11. The maximum atomic E-state index is 14.2. The predicted octanol–water partition coefficient (Wildman–Crippen LogP) is 6.86. The number of nitrogens with one attached hydrogen (secondary N) is 1. The van der Waals surface area contributed by atoms with Crippen molar-refractivity contribution in [3.8, 4) is 0 Å². The van der Waals surface area contributed by atoms with Gasteiger partial charge in [-0.05, 0) is 59.0 Å². The third-order valence-corrected chi connectivity index (χ3v) is 10.8. The number of benzene rings is 4. The average Bonchev–Trinajstić information content (AvgIpc) is 3.04. The van der Waals surface area contributed by atoms with Crippen molar-refractivity contribution in [3.63, 3.8) is 0 Å². The average molecular weight is 667 g/mol. The van der Waals surface area contributed by atoms with Crippen LogP contribution in [-0.4, -0.2) is 55.1 Å². The molecular weight excluding hydrogens is 629 g/mol. The number of carbonyl (C=O) groups is 2. The van der Waals surface area contributed by atoms with Crippen LogP contribution in [0.1, 0.15) is 43.2 Å². The largest absolute Gasteiger partial charge is 0.352 e. The number of fused-ring (bicyclic) bond motifs is 1.